The molecule has 0 atom stereocenters. The Morgan fingerprint density at radius 3 is 2.52 bits per heavy atom. The molecule has 0 saturated heterocycles. The Labute approximate surface area is 147 Å². The van der Waals surface area contributed by atoms with Gasteiger partial charge in [0.05, 0.1) is 23.9 Å². The zero-order valence-electron chi connectivity index (χ0n) is 13.7. The number of hydrogen-bond acceptors (Lipinski definition) is 5. The van der Waals surface area contributed by atoms with Crippen molar-refractivity contribution in [2.24, 2.45) is 0 Å². The van der Waals surface area contributed by atoms with Crippen LogP contribution in [0.25, 0.3) is 0 Å². The van der Waals surface area contributed by atoms with Crippen LogP contribution in [0.1, 0.15) is 42.5 Å². The maximum atomic E-state index is 13.6. The van der Waals surface area contributed by atoms with Crippen LogP contribution in [-0.4, -0.2) is 36.4 Å². The number of aryl methyl sites for hydroxylation is 1. The van der Waals surface area contributed by atoms with Gasteiger partial charge in [0, 0.05) is 10.7 Å². The fourth-order valence-corrected chi connectivity index (χ4v) is 2.54. The fourth-order valence-electron chi connectivity index (χ4n) is 2.37. The van der Waals surface area contributed by atoms with Gasteiger partial charge in [0.25, 0.3) is 0 Å². The third-order valence-corrected chi connectivity index (χ3v) is 3.82. The molecule has 0 saturated carbocycles. The number of ketones is 1. The number of benzene rings is 1. The summed E-state index contributed by atoms with van der Waals surface area (Å²) in [7, 11) is 1.23. The average molecular weight is 368 g/mol. The molecule has 0 spiro atoms. The molecule has 2 rings (SSSR count). The Hall–Kier alpha value is -2.67. The second-order valence-electron chi connectivity index (χ2n) is 5.24. The van der Waals surface area contributed by atoms with Crippen molar-refractivity contribution in [3.63, 3.8) is 0 Å². The monoisotopic (exact) mass is 367 g/mol. The summed E-state index contributed by atoms with van der Waals surface area (Å²) in [4.78, 5) is 38.7. The zero-order valence-corrected chi connectivity index (χ0v) is 14.5. The molecule has 1 aromatic heterocycles. The molecular weight excluding hydrogens is 353 g/mol. The predicted octanol–water partition coefficient (Wildman–Crippen LogP) is 3.25. The topological polar surface area (TPSA) is 85.5 Å². The van der Waals surface area contributed by atoms with Crippen LogP contribution in [0.4, 0.5) is 4.39 Å². The van der Waals surface area contributed by atoms with E-state index < -0.39 is 30.1 Å². The van der Waals surface area contributed by atoms with E-state index in [1.165, 1.54) is 13.2 Å². The van der Waals surface area contributed by atoms with Gasteiger partial charge < -0.3 is 14.5 Å². The third-order valence-electron chi connectivity index (χ3n) is 3.59. The van der Waals surface area contributed by atoms with Gasteiger partial charge in [0.2, 0.25) is 5.78 Å². The molecule has 0 radical (unpaired) electrons. The largest absolute Gasteiger partial charge is 0.465 e. The smallest absolute Gasteiger partial charge is 0.341 e. The lowest BCUT2D eigenvalue weighted by atomic mass is 10.1. The van der Waals surface area contributed by atoms with Gasteiger partial charge in [-0.1, -0.05) is 11.6 Å². The number of Topliss-reactive ketones (excluding diaryl/α,β-unsaturated/α-hetero) is 1. The number of nitrogens with one attached hydrogen (secondary N) is 1. The minimum absolute atomic E-state index is 0.122. The Morgan fingerprint density at radius 1 is 1.20 bits per heavy atom. The highest BCUT2D eigenvalue weighted by Gasteiger charge is 2.23. The summed E-state index contributed by atoms with van der Waals surface area (Å²) in [5.74, 6) is -2.96. The summed E-state index contributed by atoms with van der Waals surface area (Å²) in [6.45, 7) is 2.57. The number of H-pyrrole nitrogens is 1. The number of esters is 2. The van der Waals surface area contributed by atoms with E-state index in [-0.39, 0.29) is 21.8 Å². The molecule has 2 aromatic rings. The Morgan fingerprint density at radius 2 is 1.88 bits per heavy atom. The summed E-state index contributed by atoms with van der Waals surface area (Å²) in [5, 5.41) is 0.165. The highest BCUT2D eigenvalue weighted by molar-refractivity contribution is 6.30. The number of carbonyl (C=O) groups is 3. The number of aromatic amines is 1. The normalized spacial score (nSPS) is 10.4. The van der Waals surface area contributed by atoms with E-state index in [9.17, 15) is 18.8 Å². The van der Waals surface area contributed by atoms with E-state index in [0.717, 1.165) is 12.1 Å². The predicted molar refractivity (Wildman–Crippen MR) is 87.6 cm³/mol. The second kappa shape index (κ2) is 7.48. The summed E-state index contributed by atoms with van der Waals surface area (Å²) in [6.07, 6.45) is 0. The van der Waals surface area contributed by atoms with E-state index in [1.54, 1.807) is 13.8 Å². The molecule has 0 fully saturated rings. The van der Waals surface area contributed by atoms with Crippen molar-refractivity contribution in [2.45, 2.75) is 13.8 Å². The molecule has 0 amide bonds. The SMILES string of the molecule is COC(=O)c1c(C)[nH]c(C(=O)COC(=O)c2cc(Cl)ccc2F)c1C. The van der Waals surface area contributed by atoms with Crippen molar-refractivity contribution in [1.29, 1.82) is 0 Å². The first-order valence-corrected chi connectivity index (χ1v) is 7.57. The molecule has 0 aliphatic rings. The molecule has 0 bridgehead atoms. The third kappa shape index (κ3) is 3.88. The average Bonchev–Trinajstić information content (AvgIpc) is 2.88. The molecule has 0 aliphatic heterocycles. The van der Waals surface area contributed by atoms with Gasteiger partial charge in [0.15, 0.2) is 6.61 Å². The Balaban J connectivity index is 2.14. The van der Waals surface area contributed by atoms with Crippen molar-refractivity contribution in [1.82, 2.24) is 4.98 Å². The molecule has 1 aromatic carbocycles. The first kappa shape index (κ1) is 18.7. The van der Waals surface area contributed by atoms with Crippen LogP contribution in [0.3, 0.4) is 0 Å². The van der Waals surface area contributed by atoms with Crippen LogP contribution < -0.4 is 0 Å². The minimum atomic E-state index is -1.01. The van der Waals surface area contributed by atoms with Crippen molar-refractivity contribution < 1.29 is 28.2 Å². The maximum Gasteiger partial charge on any atom is 0.341 e. The van der Waals surface area contributed by atoms with Crippen LogP contribution >= 0.6 is 11.6 Å². The number of halogens is 2. The van der Waals surface area contributed by atoms with Gasteiger partial charge in [0.1, 0.15) is 5.82 Å². The summed E-state index contributed by atoms with van der Waals surface area (Å²) >= 11 is 5.71. The van der Waals surface area contributed by atoms with Gasteiger partial charge in [-0.2, -0.15) is 0 Å². The molecular formula is C17H15ClFNO5. The van der Waals surface area contributed by atoms with Gasteiger partial charge >= 0.3 is 11.9 Å². The van der Waals surface area contributed by atoms with Crippen molar-refractivity contribution in [3.8, 4) is 0 Å². The summed E-state index contributed by atoms with van der Waals surface area (Å²) in [6, 6.07) is 3.43. The lowest BCUT2D eigenvalue weighted by Crippen LogP contribution is -2.16. The molecule has 25 heavy (non-hydrogen) atoms. The number of aromatic nitrogens is 1. The Kier molecular flexibility index (Phi) is 5.58. The van der Waals surface area contributed by atoms with Crippen LogP contribution in [0.15, 0.2) is 18.2 Å². The highest BCUT2D eigenvalue weighted by atomic mass is 35.5. The van der Waals surface area contributed by atoms with E-state index in [1.807, 2.05) is 0 Å². The van der Waals surface area contributed by atoms with Crippen LogP contribution in [0.2, 0.25) is 5.02 Å². The van der Waals surface area contributed by atoms with Gasteiger partial charge in [-0.25, -0.2) is 14.0 Å². The van der Waals surface area contributed by atoms with Crippen molar-refractivity contribution in [2.75, 3.05) is 13.7 Å². The number of carbonyl (C=O) groups excluding carboxylic acids is 3. The molecule has 6 nitrogen and oxygen atoms in total. The first-order valence-electron chi connectivity index (χ1n) is 7.19. The number of ether oxygens (including phenoxy) is 2. The molecule has 0 unspecified atom stereocenters. The molecule has 8 heteroatoms. The van der Waals surface area contributed by atoms with Crippen LogP contribution in [0, 0.1) is 19.7 Å². The van der Waals surface area contributed by atoms with E-state index in [0.29, 0.717) is 11.3 Å². The zero-order chi connectivity index (χ0) is 18.7. The molecule has 132 valence electrons. The van der Waals surface area contributed by atoms with E-state index in [4.69, 9.17) is 16.3 Å². The van der Waals surface area contributed by atoms with E-state index in [2.05, 4.69) is 9.72 Å². The Bertz CT molecular complexity index is 859. The van der Waals surface area contributed by atoms with Gasteiger partial charge in [-0.3, -0.25) is 4.79 Å². The lowest BCUT2D eigenvalue weighted by molar-refractivity contribution is 0.0468. The standard InChI is InChI=1S/C17H15ClFNO5/c1-8-14(17(23)24-3)9(2)20-15(8)13(21)7-25-16(22)11-6-10(18)4-5-12(11)19/h4-6,20H,7H2,1-3H3. The number of rotatable bonds is 5. The van der Waals surface area contributed by atoms with Gasteiger partial charge in [-0.15, -0.1) is 0 Å². The lowest BCUT2D eigenvalue weighted by Gasteiger charge is -2.06. The van der Waals surface area contributed by atoms with Crippen molar-refractivity contribution >= 4 is 29.3 Å². The van der Waals surface area contributed by atoms with Gasteiger partial charge in [-0.05, 0) is 37.6 Å². The van der Waals surface area contributed by atoms with Crippen molar-refractivity contribution in [3.05, 3.63) is 57.1 Å². The molecule has 1 heterocycles. The molecule has 0 aliphatic carbocycles. The highest BCUT2D eigenvalue weighted by Crippen LogP contribution is 2.20. The number of hydrogen-bond donors (Lipinski definition) is 1. The van der Waals surface area contributed by atoms with E-state index >= 15 is 0 Å². The quantitative estimate of drug-likeness (QED) is 0.647. The second-order valence-corrected chi connectivity index (χ2v) is 5.68. The maximum absolute atomic E-state index is 13.6. The summed E-state index contributed by atoms with van der Waals surface area (Å²) in [5.41, 5.74) is 0.851. The minimum Gasteiger partial charge on any atom is -0.465 e. The van der Waals surface area contributed by atoms with Crippen LogP contribution in [-0.2, 0) is 9.47 Å². The number of methoxy groups -OCH3 is 1. The fraction of sp³-hybridized carbons (Fsp3) is 0.235. The first-order chi connectivity index (χ1) is 11.8. The van der Waals surface area contributed by atoms with Crippen LogP contribution in [0.5, 0.6) is 0 Å². The summed E-state index contributed by atoms with van der Waals surface area (Å²) < 4.78 is 23.1. The molecule has 1 N–H and O–H groups in total.